The number of thiazole rings is 1. The highest BCUT2D eigenvalue weighted by Crippen LogP contribution is 2.28. The molecule has 1 amide bonds. The van der Waals surface area contributed by atoms with Crippen LogP contribution in [0.15, 0.2) is 35.8 Å². The third kappa shape index (κ3) is 4.54. The second-order valence-electron chi connectivity index (χ2n) is 5.96. The molecule has 0 unspecified atom stereocenters. The van der Waals surface area contributed by atoms with Crippen molar-refractivity contribution < 1.29 is 13.9 Å². The number of carbonyl (C=O) groups excluding carboxylic acids is 1. The summed E-state index contributed by atoms with van der Waals surface area (Å²) < 4.78 is 18.5. The van der Waals surface area contributed by atoms with Crippen LogP contribution in [0.2, 0.25) is 0 Å². The average Bonchev–Trinajstić information content (AvgIpc) is 3.13. The minimum absolute atomic E-state index is 0.166. The Balaban J connectivity index is 1.41. The summed E-state index contributed by atoms with van der Waals surface area (Å²) in [7, 11) is 0. The minimum atomic E-state index is -0.315. The van der Waals surface area contributed by atoms with Crippen molar-refractivity contribution in [3.63, 3.8) is 0 Å². The highest BCUT2D eigenvalue weighted by molar-refractivity contribution is 7.09. The molecule has 24 heavy (non-hydrogen) atoms. The summed E-state index contributed by atoms with van der Waals surface area (Å²) >= 11 is 1.66. The van der Waals surface area contributed by atoms with Crippen LogP contribution < -0.4 is 4.74 Å². The third-order valence-electron chi connectivity index (χ3n) is 4.17. The lowest BCUT2D eigenvalue weighted by atomic mass is 9.98. The van der Waals surface area contributed by atoms with Gasteiger partial charge in [0.25, 0.3) is 0 Å². The van der Waals surface area contributed by atoms with Gasteiger partial charge in [-0.05, 0) is 31.4 Å². The number of rotatable bonds is 6. The molecule has 6 heteroatoms. The van der Waals surface area contributed by atoms with Crippen LogP contribution in [0.1, 0.15) is 36.6 Å². The molecule has 2 aromatic rings. The van der Waals surface area contributed by atoms with Crippen LogP contribution in [0.4, 0.5) is 4.39 Å². The van der Waals surface area contributed by atoms with Crippen LogP contribution in [0.5, 0.6) is 5.75 Å². The van der Waals surface area contributed by atoms with E-state index in [2.05, 4.69) is 4.98 Å². The first-order valence-electron chi connectivity index (χ1n) is 8.28. The van der Waals surface area contributed by atoms with Crippen LogP contribution in [0.3, 0.4) is 0 Å². The largest absolute Gasteiger partial charge is 0.493 e. The molecule has 1 aromatic carbocycles. The van der Waals surface area contributed by atoms with Crippen LogP contribution in [0, 0.1) is 5.82 Å². The van der Waals surface area contributed by atoms with E-state index in [1.54, 1.807) is 23.5 Å². The van der Waals surface area contributed by atoms with Crippen molar-refractivity contribution in [2.75, 3.05) is 19.7 Å². The van der Waals surface area contributed by atoms with Crippen LogP contribution in [-0.4, -0.2) is 35.5 Å². The van der Waals surface area contributed by atoms with Crippen molar-refractivity contribution in [1.29, 1.82) is 0 Å². The van der Waals surface area contributed by atoms with Gasteiger partial charge in [-0.2, -0.15) is 0 Å². The molecule has 3 rings (SSSR count). The maximum Gasteiger partial charge on any atom is 0.222 e. The maximum atomic E-state index is 13.1. The first kappa shape index (κ1) is 16.9. The molecule has 0 N–H and O–H groups in total. The summed E-state index contributed by atoms with van der Waals surface area (Å²) in [6.45, 7) is 2.00. The third-order valence-corrected chi connectivity index (χ3v) is 5.11. The van der Waals surface area contributed by atoms with Gasteiger partial charge in [0.15, 0.2) is 0 Å². The molecule has 1 atom stereocenters. The SMILES string of the molecule is O=C(CCCOc1cccc(F)c1)N1CCC[C@@H](c2nccs2)C1. The van der Waals surface area contributed by atoms with Crippen molar-refractivity contribution in [2.24, 2.45) is 0 Å². The fraction of sp³-hybridized carbons (Fsp3) is 0.444. The first-order valence-corrected chi connectivity index (χ1v) is 9.16. The molecule has 0 saturated carbocycles. The summed E-state index contributed by atoms with van der Waals surface area (Å²) in [5.74, 6) is 0.722. The van der Waals surface area contributed by atoms with Gasteiger partial charge in [-0.25, -0.2) is 9.37 Å². The van der Waals surface area contributed by atoms with E-state index >= 15 is 0 Å². The molecule has 1 fully saturated rings. The molecule has 0 radical (unpaired) electrons. The Hall–Kier alpha value is -1.95. The van der Waals surface area contributed by atoms with E-state index in [1.165, 1.54) is 12.1 Å². The molecule has 1 saturated heterocycles. The Morgan fingerprint density at radius 1 is 1.46 bits per heavy atom. The van der Waals surface area contributed by atoms with E-state index < -0.39 is 0 Å². The van der Waals surface area contributed by atoms with Crippen LogP contribution in [-0.2, 0) is 4.79 Å². The molecule has 1 aliphatic rings. The zero-order valence-corrected chi connectivity index (χ0v) is 14.3. The zero-order valence-electron chi connectivity index (χ0n) is 13.5. The van der Waals surface area contributed by atoms with E-state index in [4.69, 9.17) is 4.74 Å². The highest BCUT2D eigenvalue weighted by Gasteiger charge is 2.25. The van der Waals surface area contributed by atoms with Crippen molar-refractivity contribution in [3.8, 4) is 5.75 Å². The van der Waals surface area contributed by atoms with Gasteiger partial charge in [0, 0.05) is 43.1 Å². The molecule has 128 valence electrons. The Morgan fingerprint density at radius 3 is 3.17 bits per heavy atom. The Morgan fingerprint density at radius 2 is 2.38 bits per heavy atom. The second-order valence-corrected chi connectivity index (χ2v) is 6.88. The normalized spacial score (nSPS) is 17.7. The fourth-order valence-electron chi connectivity index (χ4n) is 2.97. The molecule has 0 bridgehead atoms. The number of ether oxygens (including phenoxy) is 1. The average molecular weight is 348 g/mol. The Kier molecular flexibility index (Phi) is 5.80. The monoisotopic (exact) mass is 348 g/mol. The number of piperidine rings is 1. The van der Waals surface area contributed by atoms with Crippen molar-refractivity contribution in [3.05, 3.63) is 46.7 Å². The van der Waals surface area contributed by atoms with E-state index in [0.29, 0.717) is 31.1 Å². The lowest BCUT2D eigenvalue weighted by molar-refractivity contribution is -0.132. The minimum Gasteiger partial charge on any atom is -0.493 e. The van der Waals surface area contributed by atoms with Gasteiger partial charge in [0.2, 0.25) is 5.91 Å². The van der Waals surface area contributed by atoms with Gasteiger partial charge in [0.05, 0.1) is 11.6 Å². The predicted octanol–water partition coefficient (Wildman–Crippen LogP) is 3.85. The molecule has 0 spiro atoms. The topological polar surface area (TPSA) is 42.4 Å². The Bertz CT molecular complexity index is 663. The summed E-state index contributed by atoms with van der Waals surface area (Å²) in [5.41, 5.74) is 0. The van der Waals surface area contributed by atoms with E-state index in [1.807, 2.05) is 16.5 Å². The summed E-state index contributed by atoms with van der Waals surface area (Å²) in [5, 5.41) is 3.11. The molecular formula is C18H21FN2O2S. The van der Waals surface area contributed by atoms with Gasteiger partial charge in [0.1, 0.15) is 11.6 Å². The first-order chi connectivity index (χ1) is 11.7. The van der Waals surface area contributed by atoms with Gasteiger partial charge < -0.3 is 9.64 Å². The van der Waals surface area contributed by atoms with Crippen molar-refractivity contribution in [1.82, 2.24) is 9.88 Å². The smallest absolute Gasteiger partial charge is 0.222 e. The number of nitrogens with zero attached hydrogens (tertiary/aromatic N) is 2. The predicted molar refractivity (Wildman–Crippen MR) is 91.8 cm³/mol. The van der Waals surface area contributed by atoms with Crippen LogP contribution in [0.25, 0.3) is 0 Å². The zero-order chi connectivity index (χ0) is 16.8. The molecule has 1 aliphatic heterocycles. The summed E-state index contributed by atoms with van der Waals surface area (Å²) in [4.78, 5) is 18.7. The number of aromatic nitrogens is 1. The van der Waals surface area contributed by atoms with E-state index in [-0.39, 0.29) is 11.7 Å². The van der Waals surface area contributed by atoms with Crippen molar-refractivity contribution in [2.45, 2.75) is 31.6 Å². The van der Waals surface area contributed by atoms with Gasteiger partial charge >= 0.3 is 0 Å². The number of hydrogen-bond acceptors (Lipinski definition) is 4. The van der Waals surface area contributed by atoms with Gasteiger partial charge in [-0.1, -0.05) is 6.07 Å². The quantitative estimate of drug-likeness (QED) is 0.745. The number of carbonyl (C=O) groups is 1. The number of amides is 1. The van der Waals surface area contributed by atoms with E-state index in [9.17, 15) is 9.18 Å². The molecular weight excluding hydrogens is 327 g/mol. The maximum absolute atomic E-state index is 13.1. The number of halogens is 1. The fourth-order valence-corrected chi connectivity index (χ4v) is 3.74. The summed E-state index contributed by atoms with van der Waals surface area (Å²) in [6.07, 6.45) is 5.04. The highest BCUT2D eigenvalue weighted by atomic mass is 32.1. The number of benzene rings is 1. The second kappa shape index (κ2) is 8.24. The molecule has 0 aliphatic carbocycles. The standard InChI is InChI=1S/C18H21FN2O2S/c19-15-5-1-6-16(12-15)23-10-3-7-17(22)21-9-2-4-14(13-21)18-20-8-11-24-18/h1,5-6,8,11-12,14H,2-4,7,9-10,13H2/t14-/m1/s1. The van der Waals surface area contributed by atoms with Crippen LogP contribution >= 0.6 is 11.3 Å². The van der Waals surface area contributed by atoms with Crippen molar-refractivity contribution >= 4 is 17.2 Å². The van der Waals surface area contributed by atoms with Gasteiger partial charge in [-0.15, -0.1) is 11.3 Å². The molecule has 2 heterocycles. The molecule has 4 nitrogen and oxygen atoms in total. The number of likely N-dealkylation sites (tertiary alicyclic amines) is 1. The lowest BCUT2D eigenvalue weighted by Gasteiger charge is -2.32. The Labute approximate surface area is 145 Å². The summed E-state index contributed by atoms with van der Waals surface area (Å²) in [6, 6.07) is 6.06. The number of hydrogen-bond donors (Lipinski definition) is 0. The lowest BCUT2D eigenvalue weighted by Crippen LogP contribution is -2.39. The van der Waals surface area contributed by atoms with E-state index in [0.717, 1.165) is 30.9 Å². The molecule has 1 aromatic heterocycles. The van der Waals surface area contributed by atoms with Gasteiger partial charge in [-0.3, -0.25) is 4.79 Å².